The lowest BCUT2D eigenvalue weighted by Gasteiger charge is -2.07. The van der Waals surface area contributed by atoms with Crippen LogP contribution in [0.5, 0.6) is 0 Å². The van der Waals surface area contributed by atoms with Crippen molar-refractivity contribution in [3.05, 3.63) is 19.6 Å². The molecule has 0 N–H and O–H groups in total. The third-order valence-corrected chi connectivity index (χ3v) is 1.11. The van der Waals surface area contributed by atoms with Gasteiger partial charge >= 0.3 is 0 Å². The highest BCUT2D eigenvalue weighted by atomic mass is 14.0. The van der Waals surface area contributed by atoms with Crippen molar-refractivity contribution in [3.8, 4) is 0 Å². The summed E-state index contributed by atoms with van der Waals surface area (Å²) in [6.45, 7) is 9.66. The van der Waals surface area contributed by atoms with Crippen LogP contribution in [0.3, 0.4) is 0 Å². The predicted octanol–water partition coefficient (Wildman–Crippen LogP) is 2.81. The molecule has 0 aliphatic heterocycles. The average Bonchev–Trinajstić information content (AvgIpc) is 1.66. The molecule has 0 aliphatic rings. The quantitative estimate of drug-likeness (QED) is 0.297. The molecule has 0 saturated heterocycles. The molecule has 0 heteroatoms. The molecule has 8 heavy (non-hydrogen) atoms. The van der Waals surface area contributed by atoms with Crippen molar-refractivity contribution in [1.29, 1.82) is 0 Å². The van der Waals surface area contributed by atoms with E-state index >= 15 is 0 Å². The molecule has 0 heterocycles. The minimum Gasteiger partial charge on any atom is -0.341 e. The molecule has 0 aromatic carbocycles. The molecule has 0 spiro atoms. The van der Waals surface area contributed by atoms with E-state index in [9.17, 15) is 0 Å². The van der Waals surface area contributed by atoms with Crippen molar-refractivity contribution < 1.29 is 0 Å². The molecule has 0 radical (unpaired) electrons. The van der Waals surface area contributed by atoms with Crippen LogP contribution in [0.15, 0.2) is 12.7 Å². The highest BCUT2D eigenvalue weighted by Gasteiger charge is 1.83. The van der Waals surface area contributed by atoms with Crippen molar-refractivity contribution >= 4 is 0 Å². The Hall–Kier alpha value is -0.260. The lowest BCUT2D eigenvalue weighted by Crippen LogP contribution is -1.85. The first-order chi connectivity index (χ1) is 3.77. The van der Waals surface area contributed by atoms with Crippen LogP contribution in [0.4, 0.5) is 0 Å². The zero-order valence-electron chi connectivity index (χ0n) is 5.69. The lowest BCUT2D eigenvalue weighted by molar-refractivity contribution is 0.609. The summed E-state index contributed by atoms with van der Waals surface area (Å²) < 4.78 is 0. The molecule has 0 bridgehead atoms. The van der Waals surface area contributed by atoms with Crippen LogP contribution < -0.4 is 0 Å². The van der Waals surface area contributed by atoms with Gasteiger partial charge in [-0.3, -0.25) is 0 Å². The van der Waals surface area contributed by atoms with E-state index in [1.54, 1.807) is 0 Å². The van der Waals surface area contributed by atoms with Gasteiger partial charge in [0.2, 0.25) is 0 Å². The van der Waals surface area contributed by atoms with Gasteiger partial charge in [-0.1, -0.05) is 25.8 Å². The number of rotatable bonds is 4. The molecule has 0 amide bonds. The maximum atomic E-state index is 3.88. The zero-order chi connectivity index (χ0) is 6.41. The highest BCUT2D eigenvalue weighted by Crippen LogP contribution is 2.04. The van der Waals surface area contributed by atoms with Crippen molar-refractivity contribution in [3.63, 3.8) is 0 Å². The van der Waals surface area contributed by atoms with Crippen molar-refractivity contribution in [2.75, 3.05) is 0 Å². The normalized spacial score (nSPS) is 13.2. The first kappa shape index (κ1) is 7.74. The van der Waals surface area contributed by atoms with Crippen molar-refractivity contribution in [1.82, 2.24) is 0 Å². The summed E-state index contributed by atoms with van der Waals surface area (Å²) in [5.74, 6) is 0.606. The van der Waals surface area contributed by atoms with E-state index in [4.69, 9.17) is 0 Å². The van der Waals surface area contributed by atoms with Crippen LogP contribution in [0, 0.1) is 12.8 Å². The first-order valence-corrected chi connectivity index (χ1v) is 3.21. The SMILES string of the molecule is C=CCCCC([CH2-])C. The maximum Gasteiger partial charge on any atom is -0.0354 e. The van der Waals surface area contributed by atoms with Gasteiger partial charge in [0.15, 0.2) is 0 Å². The molecule has 0 fully saturated rings. The summed E-state index contributed by atoms with van der Waals surface area (Å²) in [4.78, 5) is 0. The Morgan fingerprint density at radius 2 is 2.38 bits per heavy atom. The van der Waals surface area contributed by atoms with Gasteiger partial charge in [0.25, 0.3) is 0 Å². The monoisotopic (exact) mass is 111 g/mol. The smallest absolute Gasteiger partial charge is 0.0354 e. The number of unbranched alkanes of at least 4 members (excludes halogenated alkanes) is 1. The Bertz CT molecular complexity index is 53.1. The van der Waals surface area contributed by atoms with Crippen molar-refractivity contribution in [2.45, 2.75) is 26.2 Å². The highest BCUT2D eigenvalue weighted by molar-refractivity contribution is 4.66. The Labute approximate surface area is 52.6 Å². The van der Waals surface area contributed by atoms with Gasteiger partial charge in [-0.2, -0.15) is 5.92 Å². The summed E-state index contributed by atoms with van der Waals surface area (Å²) in [5, 5.41) is 0. The molecule has 48 valence electrons. The maximum absolute atomic E-state index is 3.88. The summed E-state index contributed by atoms with van der Waals surface area (Å²) >= 11 is 0. The van der Waals surface area contributed by atoms with Gasteiger partial charge in [-0.25, -0.2) is 0 Å². The largest absolute Gasteiger partial charge is 0.341 e. The third-order valence-electron chi connectivity index (χ3n) is 1.11. The fourth-order valence-corrected chi connectivity index (χ4v) is 0.611. The molecular weight excluding hydrogens is 96.1 g/mol. The second kappa shape index (κ2) is 4.89. The lowest BCUT2D eigenvalue weighted by atomic mass is 10.1. The summed E-state index contributed by atoms with van der Waals surface area (Å²) in [7, 11) is 0. The van der Waals surface area contributed by atoms with Gasteiger partial charge < -0.3 is 6.92 Å². The van der Waals surface area contributed by atoms with Crippen LogP contribution in [0.1, 0.15) is 26.2 Å². The Balaban J connectivity index is 2.81. The summed E-state index contributed by atoms with van der Waals surface area (Å²) in [5.41, 5.74) is 0. The van der Waals surface area contributed by atoms with Crippen molar-refractivity contribution in [2.24, 2.45) is 5.92 Å². The molecule has 0 saturated carbocycles. The molecule has 1 unspecified atom stereocenters. The minimum absolute atomic E-state index is 0.606. The van der Waals surface area contributed by atoms with Crippen LogP contribution in [0.25, 0.3) is 0 Å². The van der Waals surface area contributed by atoms with E-state index in [1.807, 2.05) is 6.08 Å². The van der Waals surface area contributed by atoms with Gasteiger partial charge in [0.1, 0.15) is 0 Å². The molecule has 0 rings (SSSR count). The van der Waals surface area contributed by atoms with E-state index in [0.717, 1.165) is 6.42 Å². The molecule has 0 aliphatic carbocycles. The Morgan fingerprint density at radius 3 is 2.75 bits per heavy atom. The average molecular weight is 111 g/mol. The summed E-state index contributed by atoms with van der Waals surface area (Å²) in [6.07, 6.45) is 5.57. The van der Waals surface area contributed by atoms with Gasteiger partial charge in [-0.15, -0.1) is 6.58 Å². The number of hydrogen-bond donors (Lipinski definition) is 0. The van der Waals surface area contributed by atoms with E-state index < -0.39 is 0 Å². The van der Waals surface area contributed by atoms with E-state index in [0.29, 0.717) is 5.92 Å². The Morgan fingerprint density at radius 1 is 1.75 bits per heavy atom. The standard InChI is InChI=1S/C8H15/c1-4-5-6-7-8(2)3/h4,8H,1-2,5-7H2,3H3/q-1. The number of hydrogen-bond acceptors (Lipinski definition) is 0. The molecule has 0 aromatic rings. The molecular formula is C8H15-. The minimum atomic E-state index is 0.606. The van der Waals surface area contributed by atoms with E-state index in [1.165, 1.54) is 12.8 Å². The van der Waals surface area contributed by atoms with Crippen LogP contribution in [0.2, 0.25) is 0 Å². The fourth-order valence-electron chi connectivity index (χ4n) is 0.611. The van der Waals surface area contributed by atoms with Crippen LogP contribution in [-0.2, 0) is 0 Å². The molecule has 0 aromatic heterocycles. The fraction of sp³-hybridized carbons (Fsp3) is 0.625. The zero-order valence-corrected chi connectivity index (χ0v) is 5.69. The van der Waals surface area contributed by atoms with Gasteiger partial charge in [0, 0.05) is 0 Å². The molecule has 0 nitrogen and oxygen atoms in total. The second-order valence-corrected chi connectivity index (χ2v) is 2.32. The van der Waals surface area contributed by atoms with Gasteiger partial charge in [-0.05, 0) is 6.42 Å². The van der Waals surface area contributed by atoms with E-state index in [-0.39, 0.29) is 0 Å². The topological polar surface area (TPSA) is 0 Å². The van der Waals surface area contributed by atoms with Gasteiger partial charge in [0.05, 0.1) is 0 Å². The van der Waals surface area contributed by atoms with Crippen LogP contribution >= 0.6 is 0 Å². The number of allylic oxidation sites excluding steroid dienone is 1. The Kier molecular flexibility index (Phi) is 4.73. The third kappa shape index (κ3) is 5.74. The van der Waals surface area contributed by atoms with E-state index in [2.05, 4.69) is 20.4 Å². The first-order valence-electron chi connectivity index (χ1n) is 3.21. The molecule has 1 atom stereocenters. The predicted molar refractivity (Wildman–Crippen MR) is 38.6 cm³/mol. The second-order valence-electron chi connectivity index (χ2n) is 2.32. The summed E-state index contributed by atoms with van der Waals surface area (Å²) in [6, 6.07) is 0. The van der Waals surface area contributed by atoms with Crippen LogP contribution in [-0.4, -0.2) is 0 Å².